The molecule has 9 nitrogen and oxygen atoms in total. The van der Waals surface area contributed by atoms with Crippen LogP contribution in [-0.4, -0.2) is 64.7 Å². The number of anilines is 1. The first-order valence-electron chi connectivity index (χ1n) is 15.6. The van der Waals surface area contributed by atoms with Crippen LogP contribution in [0.4, 0.5) is 18.9 Å². The molecular weight excluding hydrogens is 653 g/mol. The average Bonchev–Trinajstić information content (AvgIpc) is 3.67. The number of nitrogens with zero attached hydrogens (tertiary/aromatic N) is 5. The number of hydrogen-bond acceptors (Lipinski definition) is 8. The molecule has 4 heterocycles. The highest BCUT2D eigenvalue weighted by Gasteiger charge is 2.35. The van der Waals surface area contributed by atoms with Gasteiger partial charge in [0, 0.05) is 71.2 Å². The maximum Gasteiger partial charge on any atom is 0.246 e. The van der Waals surface area contributed by atoms with E-state index < -0.39 is 23.5 Å². The molecule has 0 aliphatic carbocycles. The second kappa shape index (κ2) is 13.5. The third-order valence-corrected chi connectivity index (χ3v) is 9.73. The van der Waals surface area contributed by atoms with Gasteiger partial charge in [0.25, 0.3) is 0 Å². The topological polar surface area (TPSA) is 108 Å². The monoisotopic (exact) mass is 688 g/mol. The minimum Gasteiger partial charge on any atom is -0.490 e. The summed E-state index contributed by atoms with van der Waals surface area (Å²) >= 11 is 1.10. The summed E-state index contributed by atoms with van der Waals surface area (Å²) in [7, 11) is 3.15. The Kier molecular flexibility index (Phi) is 9.32. The van der Waals surface area contributed by atoms with Crippen molar-refractivity contribution in [2.24, 2.45) is 4.99 Å². The summed E-state index contributed by atoms with van der Waals surface area (Å²) in [5.74, 6) is -2.83. The molecule has 2 aromatic carbocycles. The van der Waals surface area contributed by atoms with Crippen molar-refractivity contribution in [2.75, 3.05) is 33.1 Å². The Labute approximate surface area is 285 Å². The van der Waals surface area contributed by atoms with Crippen LogP contribution in [0.15, 0.2) is 59.4 Å². The van der Waals surface area contributed by atoms with Crippen molar-refractivity contribution >= 4 is 38.7 Å². The number of hydrogen-bond donors (Lipinski definition) is 1. The first kappa shape index (κ1) is 33.9. The lowest BCUT2D eigenvalue weighted by molar-refractivity contribution is -0.131. The first-order valence-corrected chi connectivity index (χ1v) is 16.4. The van der Waals surface area contributed by atoms with Crippen LogP contribution in [0.5, 0.6) is 5.75 Å². The Balaban J connectivity index is 1.68. The van der Waals surface area contributed by atoms with Crippen LogP contribution in [0.2, 0.25) is 0 Å². The van der Waals surface area contributed by atoms with E-state index in [1.165, 1.54) is 18.6 Å². The molecule has 3 aromatic heterocycles. The molecule has 2 atom stereocenters. The average molecular weight is 689 g/mol. The minimum atomic E-state index is -0.966. The molecule has 13 heteroatoms. The van der Waals surface area contributed by atoms with Gasteiger partial charge in [-0.2, -0.15) is 5.10 Å². The molecule has 1 aliphatic heterocycles. The summed E-state index contributed by atoms with van der Waals surface area (Å²) in [4.78, 5) is 23.8. The number of carbonyl (C=O) groups is 1. The molecule has 5 aromatic rings. The van der Waals surface area contributed by atoms with Crippen molar-refractivity contribution < 1.29 is 27.4 Å². The molecule has 0 saturated heterocycles. The molecule has 2 N–H and O–H groups in total. The lowest BCUT2D eigenvalue weighted by Gasteiger charge is -2.38. The number of aliphatic imine (C=N–C) groups is 1. The van der Waals surface area contributed by atoms with E-state index in [2.05, 4.69) is 11.6 Å². The van der Waals surface area contributed by atoms with Crippen LogP contribution in [0.3, 0.4) is 0 Å². The summed E-state index contributed by atoms with van der Waals surface area (Å²) in [5, 5.41) is 6.26. The standard InChI is InChI=1S/C36H35F3N6O3S/c1-7-30(46)45-18(2)16-44-28(20(45)4)15-27(43-44)35-33(31-24(38)13-22(37)14-29(31)48-11-10-47-6)32-25(39)17-49-36(32)34(42-35)21-8-9-23(19(3)41-5)26(40)12-21/h7-9,12-15,17-18,20H,1,10-11,16,40H2,2-6H3/t18-,20+/m0/s1. The zero-order chi connectivity index (χ0) is 35.1. The van der Waals surface area contributed by atoms with Crippen LogP contribution in [-0.2, 0) is 16.1 Å². The third kappa shape index (κ3) is 5.97. The van der Waals surface area contributed by atoms with Crippen LogP contribution in [0.25, 0.3) is 43.9 Å². The van der Waals surface area contributed by atoms with Gasteiger partial charge < -0.3 is 20.1 Å². The molecule has 1 aliphatic rings. The number of thiophene rings is 1. The summed E-state index contributed by atoms with van der Waals surface area (Å²) in [6.45, 7) is 9.78. The Bertz CT molecular complexity index is 2140. The molecule has 1 amide bonds. The van der Waals surface area contributed by atoms with Gasteiger partial charge in [0.2, 0.25) is 5.91 Å². The quantitative estimate of drug-likeness (QED) is 0.0747. The molecule has 0 fully saturated rings. The van der Waals surface area contributed by atoms with Gasteiger partial charge in [-0.3, -0.25) is 14.5 Å². The molecule has 0 saturated carbocycles. The number of halogens is 3. The van der Waals surface area contributed by atoms with Gasteiger partial charge in [-0.05, 0) is 39.0 Å². The van der Waals surface area contributed by atoms with E-state index >= 15 is 8.78 Å². The van der Waals surface area contributed by atoms with Gasteiger partial charge in [-0.15, -0.1) is 11.3 Å². The minimum absolute atomic E-state index is 0.0179. The summed E-state index contributed by atoms with van der Waals surface area (Å²) < 4.78 is 60.1. The second-order valence-electron chi connectivity index (χ2n) is 11.8. The van der Waals surface area contributed by atoms with Gasteiger partial charge in [0.15, 0.2) is 0 Å². The van der Waals surface area contributed by atoms with Crippen molar-refractivity contribution in [3.8, 4) is 39.5 Å². The van der Waals surface area contributed by atoms with Crippen molar-refractivity contribution in [3.05, 3.63) is 83.1 Å². The van der Waals surface area contributed by atoms with Gasteiger partial charge in [0.05, 0.1) is 40.8 Å². The van der Waals surface area contributed by atoms with E-state index in [-0.39, 0.29) is 53.1 Å². The highest BCUT2D eigenvalue weighted by Crippen LogP contribution is 2.48. The largest absolute Gasteiger partial charge is 0.490 e. The lowest BCUT2D eigenvalue weighted by Crippen LogP contribution is -2.46. The van der Waals surface area contributed by atoms with Gasteiger partial charge >= 0.3 is 0 Å². The van der Waals surface area contributed by atoms with Gasteiger partial charge in [0.1, 0.15) is 41.2 Å². The van der Waals surface area contributed by atoms with Crippen molar-refractivity contribution in [1.29, 1.82) is 0 Å². The predicted molar refractivity (Wildman–Crippen MR) is 186 cm³/mol. The number of ether oxygens (including phenoxy) is 2. The lowest BCUT2D eigenvalue weighted by atomic mass is 9.94. The molecule has 6 rings (SSSR count). The third-order valence-electron chi connectivity index (χ3n) is 8.78. The van der Waals surface area contributed by atoms with E-state index in [0.717, 1.165) is 34.7 Å². The number of fused-ring (bicyclic) bond motifs is 2. The number of rotatable bonds is 9. The Morgan fingerprint density at radius 3 is 2.59 bits per heavy atom. The number of benzene rings is 2. The Hall–Kier alpha value is -5.01. The molecule has 0 spiro atoms. The van der Waals surface area contributed by atoms with Crippen LogP contribution in [0.1, 0.15) is 38.1 Å². The molecule has 0 radical (unpaired) electrons. The zero-order valence-electron chi connectivity index (χ0n) is 27.7. The molecule has 0 bridgehead atoms. The van der Waals surface area contributed by atoms with Crippen LogP contribution >= 0.6 is 11.3 Å². The number of aromatic nitrogens is 3. The maximum absolute atomic E-state index is 16.2. The number of methoxy groups -OCH3 is 1. The molecule has 0 unspecified atom stereocenters. The van der Waals surface area contributed by atoms with Crippen molar-refractivity contribution in [2.45, 2.75) is 39.4 Å². The summed E-state index contributed by atoms with van der Waals surface area (Å²) in [6.07, 6.45) is 1.27. The predicted octanol–water partition coefficient (Wildman–Crippen LogP) is 7.44. The SMILES string of the molecule is C=CC(=O)N1[C@H](C)c2cc(-c3nc(-c4ccc(C(C)=NC)c(N)c4)c4scc(F)c4c3-c3c(F)cc(F)cc3OCCOC)nn2C[C@@H]1C. The zero-order valence-corrected chi connectivity index (χ0v) is 28.5. The van der Waals surface area contributed by atoms with Gasteiger partial charge in [-0.25, -0.2) is 18.2 Å². The van der Waals surface area contributed by atoms with Crippen molar-refractivity contribution in [1.82, 2.24) is 19.7 Å². The Morgan fingerprint density at radius 1 is 1.12 bits per heavy atom. The number of amides is 1. The Morgan fingerprint density at radius 2 is 1.90 bits per heavy atom. The number of pyridine rings is 1. The summed E-state index contributed by atoms with van der Waals surface area (Å²) in [5.41, 5.74) is 10.4. The van der Waals surface area contributed by atoms with Crippen LogP contribution in [0, 0.1) is 17.5 Å². The fraction of sp³-hybridized carbons (Fsp3) is 0.278. The first-order chi connectivity index (χ1) is 23.5. The van der Waals surface area contributed by atoms with Crippen LogP contribution < -0.4 is 10.5 Å². The molecule has 49 heavy (non-hydrogen) atoms. The second-order valence-corrected chi connectivity index (χ2v) is 12.7. The maximum atomic E-state index is 16.2. The number of nitrogen functional groups attached to an aromatic ring is 1. The van der Waals surface area contributed by atoms with E-state index in [9.17, 15) is 9.18 Å². The van der Waals surface area contributed by atoms with E-state index in [1.54, 1.807) is 28.8 Å². The number of carbonyl (C=O) groups excluding carboxylic acids is 1. The fourth-order valence-electron chi connectivity index (χ4n) is 6.41. The highest BCUT2D eigenvalue weighted by atomic mass is 32.1. The van der Waals surface area contributed by atoms with E-state index in [1.807, 2.05) is 32.9 Å². The van der Waals surface area contributed by atoms with E-state index in [0.29, 0.717) is 39.6 Å². The number of nitrogens with two attached hydrogens (primary N) is 1. The molecule has 254 valence electrons. The summed E-state index contributed by atoms with van der Waals surface area (Å²) in [6, 6.07) is 8.32. The smallest absolute Gasteiger partial charge is 0.246 e. The van der Waals surface area contributed by atoms with E-state index in [4.69, 9.17) is 25.3 Å². The molecular formula is C36H35F3N6O3S. The fourth-order valence-corrected chi connectivity index (χ4v) is 7.34. The normalized spacial score (nSPS) is 16.2. The van der Waals surface area contributed by atoms with Gasteiger partial charge in [-0.1, -0.05) is 18.7 Å². The highest BCUT2D eigenvalue weighted by molar-refractivity contribution is 7.17. The van der Waals surface area contributed by atoms with Crippen molar-refractivity contribution in [3.63, 3.8) is 0 Å².